The van der Waals surface area contributed by atoms with Crippen molar-refractivity contribution < 1.29 is 9.59 Å². The third-order valence-electron chi connectivity index (χ3n) is 3.80. The fourth-order valence-electron chi connectivity index (χ4n) is 2.66. The number of primary amides is 1. The van der Waals surface area contributed by atoms with Crippen molar-refractivity contribution in [3.8, 4) is 0 Å². The molecule has 0 aliphatic carbocycles. The average Bonchev–Trinajstić information content (AvgIpc) is 2.40. The van der Waals surface area contributed by atoms with Crippen molar-refractivity contribution in [2.24, 2.45) is 5.73 Å². The maximum atomic E-state index is 12.3. The van der Waals surface area contributed by atoms with E-state index in [4.69, 9.17) is 11.5 Å². The molecule has 1 aliphatic rings. The molecule has 0 atom stereocenters. The summed E-state index contributed by atoms with van der Waals surface area (Å²) in [6.07, 6.45) is 1.65. The fraction of sp³-hybridized carbons (Fsp3) is 0.467. The number of piperidine rings is 1. The lowest BCUT2D eigenvalue weighted by atomic mass is 10.0. The van der Waals surface area contributed by atoms with Crippen LogP contribution in [0.25, 0.3) is 0 Å². The Hall–Kier alpha value is -2.08. The molecule has 2 rings (SSSR count). The molecule has 114 valence electrons. The third-order valence-corrected chi connectivity index (χ3v) is 3.80. The quantitative estimate of drug-likeness (QED) is 0.692. The molecule has 0 saturated carbocycles. The zero-order valence-corrected chi connectivity index (χ0v) is 12.3. The predicted octanol–water partition coefficient (Wildman–Crippen LogP) is 0.257. The van der Waals surface area contributed by atoms with Crippen molar-refractivity contribution in [1.29, 1.82) is 0 Å². The Morgan fingerprint density at radius 3 is 2.57 bits per heavy atom. The number of nitrogens with one attached hydrogen (secondary N) is 1. The van der Waals surface area contributed by atoms with Gasteiger partial charge in [-0.15, -0.1) is 0 Å². The zero-order valence-electron chi connectivity index (χ0n) is 12.3. The van der Waals surface area contributed by atoms with E-state index in [2.05, 4.69) is 5.32 Å². The Morgan fingerprint density at radius 2 is 2.00 bits per heavy atom. The molecule has 0 unspecified atom stereocenters. The van der Waals surface area contributed by atoms with Crippen LogP contribution in [0, 0.1) is 6.92 Å². The summed E-state index contributed by atoms with van der Waals surface area (Å²) in [5.41, 5.74) is 13.1. The van der Waals surface area contributed by atoms with Gasteiger partial charge in [-0.2, -0.15) is 0 Å². The molecule has 1 aromatic carbocycles. The average molecular weight is 290 g/mol. The molecule has 1 aromatic rings. The Bertz CT molecular complexity index is 536. The van der Waals surface area contributed by atoms with Gasteiger partial charge in [0.15, 0.2) is 0 Å². The number of anilines is 1. The van der Waals surface area contributed by atoms with Crippen molar-refractivity contribution >= 4 is 17.5 Å². The number of rotatable bonds is 4. The van der Waals surface area contributed by atoms with Crippen LogP contribution in [0.4, 0.5) is 5.69 Å². The molecular formula is C15H22N4O2. The third kappa shape index (κ3) is 4.19. The van der Waals surface area contributed by atoms with Gasteiger partial charge in [0.25, 0.3) is 5.91 Å². The molecular weight excluding hydrogens is 268 g/mol. The Morgan fingerprint density at radius 1 is 1.33 bits per heavy atom. The van der Waals surface area contributed by atoms with Crippen LogP contribution in [-0.4, -0.2) is 42.4 Å². The van der Waals surface area contributed by atoms with Gasteiger partial charge in [0.2, 0.25) is 5.91 Å². The molecule has 1 saturated heterocycles. The highest BCUT2D eigenvalue weighted by molar-refractivity contribution is 5.96. The minimum absolute atomic E-state index is 0.0687. The van der Waals surface area contributed by atoms with Gasteiger partial charge in [0.05, 0.1) is 6.54 Å². The largest absolute Gasteiger partial charge is 0.399 e. The van der Waals surface area contributed by atoms with E-state index in [0.717, 1.165) is 31.5 Å². The van der Waals surface area contributed by atoms with E-state index in [1.165, 1.54) is 0 Å². The highest BCUT2D eigenvalue weighted by atomic mass is 16.2. The topological polar surface area (TPSA) is 101 Å². The van der Waals surface area contributed by atoms with E-state index >= 15 is 0 Å². The molecule has 6 nitrogen and oxygen atoms in total. The SMILES string of the molecule is Cc1cc(N)ccc1C(=O)NC1CCN(CC(N)=O)CC1. The monoisotopic (exact) mass is 290 g/mol. The summed E-state index contributed by atoms with van der Waals surface area (Å²) in [7, 11) is 0. The maximum absolute atomic E-state index is 12.3. The molecule has 1 fully saturated rings. The van der Waals surface area contributed by atoms with E-state index in [1.54, 1.807) is 18.2 Å². The highest BCUT2D eigenvalue weighted by Gasteiger charge is 2.22. The van der Waals surface area contributed by atoms with E-state index in [9.17, 15) is 9.59 Å². The van der Waals surface area contributed by atoms with Crippen molar-refractivity contribution in [3.05, 3.63) is 29.3 Å². The van der Waals surface area contributed by atoms with E-state index in [1.807, 2.05) is 11.8 Å². The molecule has 21 heavy (non-hydrogen) atoms. The van der Waals surface area contributed by atoms with Crippen LogP contribution in [-0.2, 0) is 4.79 Å². The summed E-state index contributed by atoms with van der Waals surface area (Å²) in [5.74, 6) is -0.379. The first-order chi connectivity index (χ1) is 9.95. The maximum Gasteiger partial charge on any atom is 0.251 e. The van der Waals surface area contributed by atoms with E-state index in [-0.39, 0.29) is 24.4 Å². The smallest absolute Gasteiger partial charge is 0.251 e. The summed E-state index contributed by atoms with van der Waals surface area (Å²) >= 11 is 0. The summed E-state index contributed by atoms with van der Waals surface area (Å²) < 4.78 is 0. The normalized spacial score (nSPS) is 16.6. The van der Waals surface area contributed by atoms with Gasteiger partial charge in [-0.1, -0.05) is 0 Å². The second kappa shape index (κ2) is 6.58. The number of hydrogen-bond acceptors (Lipinski definition) is 4. The molecule has 6 heteroatoms. The number of benzene rings is 1. The van der Waals surface area contributed by atoms with Gasteiger partial charge in [0.1, 0.15) is 0 Å². The van der Waals surface area contributed by atoms with E-state index < -0.39 is 0 Å². The predicted molar refractivity (Wildman–Crippen MR) is 81.7 cm³/mol. The van der Waals surface area contributed by atoms with Crippen LogP contribution in [0.15, 0.2) is 18.2 Å². The number of amides is 2. The van der Waals surface area contributed by atoms with Gasteiger partial charge in [-0.3, -0.25) is 14.5 Å². The van der Waals surface area contributed by atoms with Crippen LogP contribution in [0.1, 0.15) is 28.8 Å². The van der Waals surface area contributed by atoms with Crippen LogP contribution in [0.3, 0.4) is 0 Å². The molecule has 5 N–H and O–H groups in total. The standard InChI is InChI=1S/C15H22N4O2/c1-10-8-11(16)2-3-13(10)15(21)18-12-4-6-19(7-5-12)9-14(17)20/h2-3,8,12H,4-7,9,16H2,1H3,(H2,17,20)(H,18,21). The Kier molecular flexibility index (Phi) is 4.80. The van der Waals surface area contributed by atoms with Crippen molar-refractivity contribution in [1.82, 2.24) is 10.2 Å². The zero-order chi connectivity index (χ0) is 15.4. The fourth-order valence-corrected chi connectivity index (χ4v) is 2.66. The summed E-state index contributed by atoms with van der Waals surface area (Å²) in [5, 5.41) is 3.05. The lowest BCUT2D eigenvalue weighted by Gasteiger charge is -2.31. The van der Waals surface area contributed by atoms with Crippen LogP contribution in [0.2, 0.25) is 0 Å². The molecule has 0 bridgehead atoms. The first-order valence-corrected chi connectivity index (χ1v) is 7.13. The molecule has 0 spiro atoms. The van der Waals surface area contributed by atoms with Crippen LogP contribution < -0.4 is 16.8 Å². The van der Waals surface area contributed by atoms with Crippen molar-refractivity contribution in [3.63, 3.8) is 0 Å². The number of carbonyl (C=O) groups is 2. The van der Waals surface area contributed by atoms with Gasteiger partial charge in [0, 0.05) is 30.4 Å². The van der Waals surface area contributed by atoms with Crippen molar-refractivity contribution in [2.45, 2.75) is 25.8 Å². The second-order valence-corrected chi connectivity index (χ2v) is 5.56. The molecule has 0 radical (unpaired) electrons. The van der Waals surface area contributed by atoms with Gasteiger partial charge < -0.3 is 16.8 Å². The molecule has 2 amide bonds. The summed E-state index contributed by atoms with van der Waals surface area (Å²) in [4.78, 5) is 25.2. The number of carbonyl (C=O) groups excluding carboxylic acids is 2. The number of nitrogen functional groups attached to an aromatic ring is 1. The van der Waals surface area contributed by atoms with Gasteiger partial charge in [-0.25, -0.2) is 0 Å². The van der Waals surface area contributed by atoms with Gasteiger partial charge in [-0.05, 0) is 43.5 Å². The lowest BCUT2D eigenvalue weighted by Crippen LogP contribution is -2.46. The first-order valence-electron chi connectivity index (χ1n) is 7.13. The van der Waals surface area contributed by atoms with Crippen LogP contribution >= 0.6 is 0 Å². The number of nitrogens with zero attached hydrogens (tertiary/aromatic N) is 1. The summed E-state index contributed by atoms with van der Waals surface area (Å²) in [6, 6.07) is 5.42. The lowest BCUT2D eigenvalue weighted by molar-refractivity contribution is -0.119. The minimum Gasteiger partial charge on any atom is -0.399 e. The van der Waals surface area contributed by atoms with Crippen molar-refractivity contribution in [2.75, 3.05) is 25.4 Å². The number of aryl methyl sites for hydroxylation is 1. The molecule has 1 aliphatic heterocycles. The number of nitrogens with two attached hydrogens (primary N) is 2. The summed E-state index contributed by atoms with van der Waals surface area (Å²) in [6.45, 7) is 3.71. The molecule has 0 aromatic heterocycles. The first kappa shape index (κ1) is 15.3. The van der Waals surface area contributed by atoms with E-state index in [0.29, 0.717) is 11.3 Å². The highest BCUT2D eigenvalue weighted by Crippen LogP contribution is 2.15. The Balaban J connectivity index is 1.88. The second-order valence-electron chi connectivity index (χ2n) is 5.56. The number of hydrogen-bond donors (Lipinski definition) is 3. The molecule has 1 heterocycles. The van der Waals surface area contributed by atoms with Gasteiger partial charge >= 0.3 is 0 Å². The number of likely N-dealkylation sites (tertiary alicyclic amines) is 1. The van der Waals surface area contributed by atoms with Crippen LogP contribution in [0.5, 0.6) is 0 Å². The minimum atomic E-state index is -0.310. The Labute approximate surface area is 124 Å².